The minimum atomic E-state index is -0.596. The van der Waals surface area contributed by atoms with Gasteiger partial charge in [-0.25, -0.2) is 9.78 Å². The van der Waals surface area contributed by atoms with E-state index in [9.17, 15) is 9.90 Å². The molecule has 1 unspecified atom stereocenters. The lowest BCUT2D eigenvalue weighted by Gasteiger charge is -2.34. The van der Waals surface area contributed by atoms with Gasteiger partial charge in [0.15, 0.2) is 0 Å². The maximum atomic E-state index is 12.6. The first-order valence-corrected chi connectivity index (χ1v) is 9.18. The number of hydrogen-bond donors (Lipinski definition) is 2. The van der Waals surface area contributed by atoms with Crippen molar-refractivity contribution in [3.05, 3.63) is 54.7 Å². The van der Waals surface area contributed by atoms with Crippen molar-refractivity contribution in [1.82, 2.24) is 19.4 Å². The molecule has 2 amide bonds. The molecule has 140 valence electrons. The third kappa shape index (κ3) is 3.64. The Labute approximate surface area is 157 Å². The summed E-state index contributed by atoms with van der Waals surface area (Å²) in [5.74, 6) is 0.793. The lowest BCUT2D eigenvalue weighted by atomic mass is 9.91. The number of piperidine rings is 1. The van der Waals surface area contributed by atoms with Gasteiger partial charge < -0.3 is 19.9 Å². The molecule has 1 aliphatic rings. The van der Waals surface area contributed by atoms with Crippen LogP contribution in [0.3, 0.4) is 0 Å². The minimum absolute atomic E-state index is 0.111. The highest BCUT2D eigenvalue weighted by atomic mass is 16.3. The Bertz CT molecular complexity index is 946. The van der Waals surface area contributed by atoms with Crippen LogP contribution in [0.2, 0.25) is 0 Å². The number of pyridine rings is 1. The Morgan fingerprint density at radius 2 is 2.04 bits per heavy atom. The van der Waals surface area contributed by atoms with Crippen molar-refractivity contribution in [1.29, 1.82) is 0 Å². The van der Waals surface area contributed by atoms with E-state index in [2.05, 4.69) is 15.3 Å². The normalized spacial score (nSPS) is 16.4. The zero-order chi connectivity index (χ0) is 18.8. The van der Waals surface area contributed by atoms with Crippen LogP contribution in [-0.4, -0.2) is 43.7 Å². The number of aryl methyl sites for hydroxylation is 1. The van der Waals surface area contributed by atoms with Crippen LogP contribution in [0.15, 0.2) is 48.9 Å². The number of hydrogen-bond acceptors (Lipinski definition) is 4. The number of nitrogens with zero attached hydrogens (tertiary/aromatic N) is 4. The van der Waals surface area contributed by atoms with Gasteiger partial charge in [-0.2, -0.15) is 0 Å². The van der Waals surface area contributed by atoms with Gasteiger partial charge in [-0.15, -0.1) is 0 Å². The molecule has 0 radical (unpaired) electrons. The van der Waals surface area contributed by atoms with Crippen molar-refractivity contribution in [2.75, 3.05) is 18.4 Å². The second-order valence-electron chi connectivity index (χ2n) is 7.01. The summed E-state index contributed by atoms with van der Waals surface area (Å²) in [7, 11) is 1.88. The fourth-order valence-electron chi connectivity index (χ4n) is 3.64. The maximum absolute atomic E-state index is 12.6. The Balaban J connectivity index is 1.36. The molecule has 1 saturated heterocycles. The van der Waals surface area contributed by atoms with E-state index in [4.69, 9.17) is 0 Å². The fraction of sp³-hybridized carbons (Fsp3) is 0.350. The van der Waals surface area contributed by atoms with Gasteiger partial charge in [-0.05, 0) is 37.0 Å². The number of aliphatic hydroxyl groups excluding tert-OH is 1. The van der Waals surface area contributed by atoms with Crippen molar-refractivity contribution in [3.8, 4) is 0 Å². The molecule has 2 N–H and O–H groups in total. The summed E-state index contributed by atoms with van der Waals surface area (Å²) in [5.41, 5.74) is 1.59. The molecule has 0 saturated carbocycles. The molecule has 1 aromatic carbocycles. The van der Waals surface area contributed by atoms with Crippen molar-refractivity contribution in [2.45, 2.75) is 18.9 Å². The highest BCUT2D eigenvalue weighted by Crippen LogP contribution is 2.30. The van der Waals surface area contributed by atoms with E-state index in [0.29, 0.717) is 18.9 Å². The number of nitrogens with one attached hydrogen (secondary N) is 1. The molecule has 0 spiro atoms. The van der Waals surface area contributed by atoms with Crippen molar-refractivity contribution in [2.24, 2.45) is 13.0 Å². The smallest absolute Gasteiger partial charge is 0.321 e. The molecule has 1 fully saturated rings. The topological polar surface area (TPSA) is 83.3 Å². The van der Waals surface area contributed by atoms with Gasteiger partial charge in [-0.3, -0.25) is 4.98 Å². The summed E-state index contributed by atoms with van der Waals surface area (Å²) in [6, 6.07) is 9.49. The van der Waals surface area contributed by atoms with E-state index in [1.54, 1.807) is 17.3 Å². The number of fused-ring (bicyclic) bond motifs is 1. The molecular formula is C20H23N5O2. The van der Waals surface area contributed by atoms with E-state index in [-0.39, 0.29) is 11.9 Å². The highest BCUT2D eigenvalue weighted by Gasteiger charge is 2.30. The highest BCUT2D eigenvalue weighted by molar-refractivity contribution is 5.92. The van der Waals surface area contributed by atoms with Gasteiger partial charge in [0.1, 0.15) is 11.9 Å². The molecule has 1 atom stereocenters. The Morgan fingerprint density at radius 3 is 2.78 bits per heavy atom. The largest absolute Gasteiger partial charge is 0.385 e. The number of benzene rings is 1. The van der Waals surface area contributed by atoms with E-state index < -0.39 is 6.10 Å². The molecule has 7 nitrogen and oxygen atoms in total. The van der Waals surface area contributed by atoms with Gasteiger partial charge in [0, 0.05) is 49.8 Å². The van der Waals surface area contributed by atoms with E-state index in [1.165, 1.54) is 0 Å². The molecule has 3 heterocycles. The minimum Gasteiger partial charge on any atom is -0.385 e. The van der Waals surface area contributed by atoms with Crippen LogP contribution in [0, 0.1) is 5.92 Å². The third-order valence-electron chi connectivity index (χ3n) is 5.25. The number of anilines is 1. The van der Waals surface area contributed by atoms with Crippen LogP contribution < -0.4 is 5.32 Å². The average Bonchev–Trinajstić information content (AvgIpc) is 3.13. The first-order valence-electron chi connectivity index (χ1n) is 9.18. The second kappa shape index (κ2) is 7.36. The third-order valence-corrected chi connectivity index (χ3v) is 5.25. The zero-order valence-electron chi connectivity index (χ0n) is 15.2. The average molecular weight is 365 g/mol. The van der Waals surface area contributed by atoms with Gasteiger partial charge >= 0.3 is 6.03 Å². The van der Waals surface area contributed by atoms with Gasteiger partial charge in [-0.1, -0.05) is 12.1 Å². The lowest BCUT2D eigenvalue weighted by molar-refractivity contribution is 0.0600. The Kier molecular flexibility index (Phi) is 4.77. The summed E-state index contributed by atoms with van der Waals surface area (Å²) < 4.78 is 1.84. The maximum Gasteiger partial charge on any atom is 0.321 e. The van der Waals surface area contributed by atoms with Crippen LogP contribution in [0.4, 0.5) is 10.5 Å². The standard InChI is InChI=1S/C20H23N5O2/c1-24-12-9-22-19(24)18(26)15-6-10-25(11-7-15)20(27)23-16-5-4-14-3-2-8-21-17(14)13-16/h2-5,8-9,12-13,15,18,26H,6-7,10-11H2,1H3,(H,23,27). The molecule has 0 aliphatic carbocycles. The molecule has 2 aromatic heterocycles. The van der Waals surface area contributed by atoms with Gasteiger partial charge in [0.2, 0.25) is 0 Å². The van der Waals surface area contributed by atoms with Gasteiger partial charge in [0.25, 0.3) is 0 Å². The van der Waals surface area contributed by atoms with Crippen molar-refractivity contribution in [3.63, 3.8) is 0 Å². The summed E-state index contributed by atoms with van der Waals surface area (Å²) in [5, 5.41) is 14.6. The number of amides is 2. The Morgan fingerprint density at radius 1 is 1.22 bits per heavy atom. The summed E-state index contributed by atoms with van der Waals surface area (Å²) in [6.07, 6.45) is 6.17. The van der Waals surface area contributed by atoms with Crippen molar-refractivity contribution >= 4 is 22.6 Å². The molecule has 7 heteroatoms. The van der Waals surface area contributed by atoms with Gasteiger partial charge in [0.05, 0.1) is 5.52 Å². The first-order chi connectivity index (χ1) is 13.1. The van der Waals surface area contributed by atoms with E-state index in [0.717, 1.165) is 29.4 Å². The summed E-state index contributed by atoms with van der Waals surface area (Å²) in [6.45, 7) is 1.23. The number of imidazole rings is 1. The molecule has 0 bridgehead atoms. The lowest BCUT2D eigenvalue weighted by Crippen LogP contribution is -2.42. The number of aliphatic hydroxyl groups is 1. The molecule has 1 aliphatic heterocycles. The number of carbonyl (C=O) groups is 1. The summed E-state index contributed by atoms with van der Waals surface area (Å²) in [4.78, 5) is 22.9. The number of aromatic nitrogens is 3. The fourth-order valence-corrected chi connectivity index (χ4v) is 3.64. The predicted octanol–water partition coefficient (Wildman–Crippen LogP) is 2.95. The monoisotopic (exact) mass is 365 g/mol. The SMILES string of the molecule is Cn1ccnc1C(O)C1CCN(C(=O)Nc2ccc3cccnc3c2)CC1. The van der Waals surface area contributed by atoms with E-state index in [1.807, 2.05) is 48.1 Å². The molecule has 27 heavy (non-hydrogen) atoms. The van der Waals surface area contributed by atoms with Crippen molar-refractivity contribution < 1.29 is 9.90 Å². The second-order valence-corrected chi connectivity index (χ2v) is 7.01. The van der Waals surface area contributed by atoms with Crippen LogP contribution in [0.5, 0.6) is 0 Å². The Hall–Kier alpha value is -2.93. The van der Waals surface area contributed by atoms with Crippen LogP contribution in [0.25, 0.3) is 10.9 Å². The summed E-state index contributed by atoms with van der Waals surface area (Å²) >= 11 is 0. The van der Waals surface area contributed by atoms with Crippen LogP contribution in [-0.2, 0) is 7.05 Å². The predicted molar refractivity (Wildman–Crippen MR) is 103 cm³/mol. The molecular weight excluding hydrogens is 342 g/mol. The zero-order valence-corrected chi connectivity index (χ0v) is 15.2. The number of likely N-dealkylation sites (tertiary alicyclic amines) is 1. The molecule has 4 rings (SSSR count). The molecule has 3 aromatic rings. The van der Waals surface area contributed by atoms with Crippen LogP contribution >= 0.6 is 0 Å². The first kappa shape index (κ1) is 17.5. The van der Waals surface area contributed by atoms with Crippen LogP contribution in [0.1, 0.15) is 24.8 Å². The van der Waals surface area contributed by atoms with E-state index >= 15 is 0 Å². The quantitative estimate of drug-likeness (QED) is 0.747. The number of carbonyl (C=O) groups excluding carboxylic acids is 1. The number of urea groups is 1. The number of rotatable bonds is 3.